The first-order valence-electron chi connectivity index (χ1n) is 24.2. The van der Waals surface area contributed by atoms with Crippen LogP contribution in [0.1, 0.15) is 125 Å². The Morgan fingerprint density at radius 2 is 1.31 bits per heavy atom. The van der Waals surface area contributed by atoms with Gasteiger partial charge in [-0.2, -0.15) is 38.2 Å². The highest BCUT2D eigenvalue weighted by Crippen LogP contribution is 2.50. The number of anilines is 1. The minimum atomic E-state index is -4.65. The largest absolute Gasteiger partial charge is 0.481 e. The van der Waals surface area contributed by atoms with Crippen LogP contribution in [-0.4, -0.2) is 110 Å². The number of fused-ring (bicyclic) bond motifs is 2. The van der Waals surface area contributed by atoms with E-state index in [1.54, 1.807) is 52.0 Å². The maximum absolute atomic E-state index is 16.9. The number of rotatable bonds is 23. The molecular formula is C51H62F2N3O15S4+. The Bertz CT molecular complexity index is 3380. The van der Waals surface area contributed by atoms with Crippen molar-refractivity contribution in [2.24, 2.45) is 0 Å². The van der Waals surface area contributed by atoms with Crippen molar-refractivity contribution in [3.8, 4) is 0 Å². The Morgan fingerprint density at radius 3 is 1.91 bits per heavy atom. The lowest BCUT2D eigenvalue weighted by molar-refractivity contribution is -0.438. The van der Waals surface area contributed by atoms with Crippen molar-refractivity contribution in [3.05, 3.63) is 124 Å². The monoisotopic (exact) mass is 1120 g/mol. The topological polar surface area (TPSA) is 290 Å². The van der Waals surface area contributed by atoms with Crippen LogP contribution in [-0.2, 0) is 56.1 Å². The summed E-state index contributed by atoms with van der Waals surface area (Å²) in [7, 11) is -17.9. The van der Waals surface area contributed by atoms with Gasteiger partial charge in [-0.15, -0.1) is 0 Å². The standard InChI is InChI=1S/C51H61F2N3O15S4/c1-50(2)38-31-36(74(66,67)68)18-20-42(38)55(25-8-10-27-72(60,61)62)44(50)22-16-33-13-12-14-34(47(33)48-40(52)29-35(30-41(48)53)49(59)54-24-7-5-6-15-46(57)58)17-23-45-51(3,4)39-32-37(75(69,70)71)19-21-43(39)56(45)26-9-11-28-73(63,64)65/h16-23,29-32H,5-15,24-28H2,1-4H3,(H5-,54,57,58,59,60,61,62,63,64,65,66,67,68,69,70,71)/p+1. The van der Waals surface area contributed by atoms with Crippen LogP contribution in [0.2, 0.25) is 0 Å². The van der Waals surface area contributed by atoms with Crippen LogP contribution in [0.15, 0.2) is 99.5 Å². The van der Waals surface area contributed by atoms with Gasteiger partial charge in [-0.25, -0.2) is 8.78 Å². The number of carboxylic acids is 1. The molecule has 408 valence electrons. The molecule has 18 nitrogen and oxygen atoms in total. The van der Waals surface area contributed by atoms with Gasteiger partial charge in [0.2, 0.25) is 5.69 Å². The summed E-state index contributed by atoms with van der Waals surface area (Å²) in [6, 6.07) is 9.98. The molecule has 0 bridgehead atoms. The van der Waals surface area contributed by atoms with Crippen LogP contribution in [0.5, 0.6) is 0 Å². The summed E-state index contributed by atoms with van der Waals surface area (Å²) in [6.07, 6.45) is 9.70. The summed E-state index contributed by atoms with van der Waals surface area (Å²) in [4.78, 5) is 25.2. The van der Waals surface area contributed by atoms with E-state index < -0.39 is 91.9 Å². The number of hydrogen-bond donors (Lipinski definition) is 6. The highest BCUT2D eigenvalue weighted by atomic mass is 32.2. The molecule has 2 aliphatic heterocycles. The first-order chi connectivity index (χ1) is 34.8. The van der Waals surface area contributed by atoms with Gasteiger partial charge in [-0.1, -0.05) is 32.4 Å². The molecule has 0 aromatic heterocycles. The van der Waals surface area contributed by atoms with Gasteiger partial charge >= 0.3 is 5.97 Å². The molecule has 3 aliphatic rings. The zero-order chi connectivity index (χ0) is 55.5. The van der Waals surface area contributed by atoms with Crippen LogP contribution >= 0.6 is 0 Å². The number of unbranched alkanes of at least 4 members (excludes halogenated alkanes) is 4. The third-order valence-electron chi connectivity index (χ3n) is 13.7. The third kappa shape index (κ3) is 14.3. The molecule has 3 aromatic carbocycles. The van der Waals surface area contributed by atoms with Crippen molar-refractivity contribution in [3.63, 3.8) is 0 Å². The molecule has 0 saturated carbocycles. The van der Waals surface area contributed by atoms with Gasteiger partial charge in [-0.05, 0) is 136 Å². The van der Waals surface area contributed by atoms with E-state index in [4.69, 9.17) is 5.11 Å². The molecule has 0 fully saturated rings. The lowest BCUT2D eigenvalue weighted by atomic mass is 9.79. The van der Waals surface area contributed by atoms with Crippen LogP contribution in [0.4, 0.5) is 20.2 Å². The molecule has 0 unspecified atom stereocenters. The summed E-state index contributed by atoms with van der Waals surface area (Å²) >= 11 is 0. The van der Waals surface area contributed by atoms with Crippen LogP contribution < -0.4 is 10.2 Å². The summed E-state index contributed by atoms with van der Waals surface area (Å²) in [5, 5.41) is 11.5. The van der Waals surface area contributed by atoms with Gasteiger partial charge in [0.05, 0.1) is 32.3 Å². The molecule has 2 heterocycles. The molecule has 3 aromatic rings. The second kappa shape index (κ2) is 23.0. The van der Waals surface area contributed by atoms with Gasteiger partial charge in [0.25, 0.3) is 46.4 Å². The quantitative estimate of drug-likeness (QED) is 0.0295. The summed E-state index contributed by atoms with van der Waals surface area (Å²) in [5.74, 6) is -4.90. The number of nitrogens with zero attached hydrogens (tertiary/aromatic N) is 2. The molecule has 1 aliphatic carbocycles. The smallest absolute Gasteiger partial charge is 0.303 e. The van der Waals surface area contributed by atoms with Crippen molar-refractivity contribution >= 4 is 75.0 Å². The van der Waals surface area contributed by atoms with Gasteiger partial charge in [-0.3, -0.25) is 27.8 Å². The molecule has 0 saturated heterocycles. The number of benzene rings is 3. The van der Waals surface area contributed by atoms with E-state index in [9.17, 15) is 61.5 Å². The van der Waals surface area contributed by atoms with Crippen LogP contribution in [0, 0.1) is 11.6 Å². The first-order valence-corrected chi connectivity index (χ1v) is 30.3. The predicted octanol–water partition coefficient (Wildman–Crippen LogP) is 8.35. The minimum Gasteiger partial charge on any atom is -0.481 e. The fourth-order valence-corrected chi connectivity index (χ4v) is 12.1. The second-order valence-electron chi connectivity index (χ2n) is 19.8. The zero-order valence-electron chi connectivity index (χ0n) is 41.8. The van der Waals surface area contributed by atoms with Crippen molar-refractivity contribution < 1.29 is 79.9 Å². The minimum absolute atomic E-state index is 0.0474. The number of aliphatic carboxylic acids is 1. The fraction of sp³-hybridized carbons (Fsp3) is 0.431. The van der Waals surface area contributed by atoms with Crippen LogP contribution in [0.25, 0.3) is 5.57 Å². The Kier molecular flexibility index (Phi) is 18.0. The number of amides is 1. The van der Waals surface area contributed by atoms with E-state index in [2.05, 4.69) is 5.32 Å². The molecule has 1 amide bonds. The number of carboxylic acid groups (broad SMARTS) is 1. The number of nitrogens with one attached hydrogen (secondary N) is 1. The normalized spacial score (nSPS) is 17.9. The maximum atomic E-state index is 16.9. The number of allylic oxidation sites excluding steroid dienone is 8. The van der Waals surface area contributed by atoms with E-state index in [-0.39, 0.29) is 85.5 Å². The average molecular weight is 1120 g/mol. The van der Waals surface area contributed by atoms with Crippen molar-refractivity contribution in [1.29, 1.82) is 0 Å². The molecule has 24 heteroatoms. The Labute approximate surface area is 436 Å². The number of halogens is 2. The average Bonchev–Trinajstić information content (AvgIpc) is 3.64. The van der Waals surface area contributed by atoms with Crippen molar-refractivity contribution in [1.82, 2.24) is 5.32 Å². The lowest BCUT2D eigenvalue weighted by Gasteiger charge is -2.28. The predicted molar refractivity (Wildman–Crippen MR) is 278 cm³/mol. The van der Waals surface area contributed by atoms with E-state index in [0.29, 0.717) is 70.7 Å². The molecule has 75 heavy (non-hydrogen) atoms. The van der Waals surface area contributed by atoms with Gasteiger partial charge in [0.15, 0.2) is 5.71 Å². The number of carbonyl (C=O) groups excluding carboxylic acids is 1. The van der Waals surface area contributed by atoms with E-state index in [1.165, 1.54) is 36.4 Å². The number of carbonyl (C=O) groups is 2. The lowest BCUT2D eigenvalue weighted by Crippen LogP contribution is -2.28. The third-order valence-corrected chi connectivity index (χ3v) is 17.0. The molecule has 0 atom stereocenters. The molecule has 6 rings (SSSR count). The van der Waals surface area contributed by atoms with E-state index in [0.717, 1.165) is 12.1 Å². The van der Waals surface area contributed by atoms with Crippen molar-refractivity contribution in [2.75, 3.05) is 36.0 Å². The SMILES string of the molecule is CC1(C)C(/C=C/C2=C(c3c(F)cc(C(=O)NCCCCCC(=O)O)cc3F)C(=C/C=C3/N(CCCCS(=O)(=O)O)c4ccc(S(=O)(=O)O)cc4C3(C)C)/CCC2)=[N+](CCCCS(=O)(=O)O)c2ccc(S(=O)(=O)O)cc21. The highest BCUT2D eigenvalue weighted by Gasteiger charge is 2.45. The van der Waals surface area contributed by atoms with Gasteiger partial charge in [0, 0.05) is 66.0 Å². The van der Waals surface area contributed by atoms with Crippen LogP contribution in [0.3, 0.4) is 0 Å². The Balaban J connectivity index is 1.52. The molecule has 0 spiro atoms. The highest BCUT2D eigenvalue weighted by molar-refractivity contribution is 7.86. The number of hydrogen-bond acceptors (Lipinski definition) is 11. The van der Waals surface area contributed by atoms with Crippen molar-refractivity contribution in [2.45, 2.75) is 119 Å². The summed E-state index contributed by atoms with van der Waals surface area (Å²) < 4.78 is 170. The summed E-state index contributed by atoms with van der Waals surface area (Å²) in [5.41, 5.74) is 1.49. The Hall–Kier alpha value is -5.47. The van der Waals surface area contributed by atoms with Gasteiger partial charge in [0.1, 0.15) is 18.2 Å². The molecule has 0 radical (unpaired) electrons. The first kappa shape index (κ1) is 58.8. The molecule has 6 N–H and O–H groups in total. The van der Waals surface area contributed by atoms with Gasteiger partial charge < -0.3 is 15.3 Å². The second-order valence-corrected chi connectivity index (χ2v) is 25.8. The van der Waals surface area contributed by atoms with E-state index in [1.807, 2.05) is 9.48 Å². The van der Waals surface area contributed by atoms with E-state index >= 15 is 8.78 Å². The molecular weight excluding hydrogens is 1060 g/mol. The summed E-state index contributed by atoms with van der Waals surface area (Å²) in [6.45, 7) is 7.71. The Morgan fingerprint density at radius 1 is 0.707 bits per heavy atom. The zero-order valence-corrected chi connectivity index (χ0v) is 45.1. The maximum Gasteiger partial charge on any atom is 0.303 e. The fourth-order valence-electron chi connectivity index (χ4n) is 9.98.